The van der Waals surface area contributed by atoms with E-state index in [-0.39, 0.29) is 22.1 Å². The topological polar surface area (TPSA) is 30.0 Å². The van der Waals surface area contributed by atoms with Crippen molar-refractivity contribution < 1.29 is 4.39 Å². The Hall–Kier alpha value is -1.81. The summed E-state index contributed by atoms with van der Waals surface area (Å²) in [5.41, 5.74) is 2.62. The molecule has 0 aromatic heterocycles. The summed E-state index contributed by atoms with van der Waals surface area (Å²) >= 11 is 1.45. The molecule has 0 atom stereocenters. The first-order valence-electron chi connectivity index (χ1n) is 8.06. The second-order valence-corrected chi connectivity index (χ2v) is 9.36. The summed E-state index contributed by atoms with van der Waals surface area (Å²) in [4.78, 5) is 18.5. The molecular weight excluding hydrogens is 321 g/mol. The molecule has 0 spiro atoms. The van der Waals surface area contributed by atoms with Gasteiger partial charge in [0.05, 0.1) is 15.1 Å². The fourth-order valence-corrected chi connectivity index (χ4v) is 4.16. The smallest absolute Gasteiger partial charge is 0.209 e. The molecule has 0 unspecified atom stereocenters. The normalized spacial score (nSPS) is 13.0. The molecule has 0 radical (unpaired) electrons. The van der Waals surface area contributed by atoms with Crippen LogP contribution in [0.1, 0.15) is 52.7 Å². The van der Waals surface area contributed by atoms with Crippen molar-refractivity contribution in [2.24, 2.45) is 0 Å². The van der Waals surface area contributed by atoms with Gasteiger partial charge in [0.15, 0.2) is 0 Å². The first-order chi connectivity index (χ1) is 11.0. The van der Waals surface area contributed by atoms with Crippen LogP contribution >= 0.6 is 11.3 Å². The van der Waals surface area contributed by atoms with E-state index < -0.39 is 0 Å². The van der Waals surface area contributed by atoms with E-state index >= 15 is 0 Å². The van der Waals surface area contributed by atoms with E-state index in [1.165, 1.54) is 23.5 Å². The largest absolute Gasteiger partial charge is 0.287 e. The summed E-state index contributed by atoms with van der Waals surface area (Å²) in [6.07, 6.45) is 0. The fraction of sp³-hybridized carbons (Fsp3) is 0.400. The van der Waals surface area contributed by atoms with Gasteiger partial charge in [0.2, 0.25) is 5.43 Å². The Kier molecular flexibility index (Phi) is 3.79. The molecule has 0 fully saturated rings. The van der Waals surface area contributed by atoms with E-state index in [4.69, 9.17) is 0 Å². The SMILES string of the molecule is CC(C)(C)c1cc(C(C)(C)C)c(=O)c2nc3ccc(F)cc3sc1-2. The monoisotopic (exact) mass is 343 g/mol. The minimum absolute atomic E-state index is 0.0204. The standard InChI is InChI=1S/C20H22FNOS/c1-19(2,3)12-10-13(20(4,5)6)18-16(17(12)23)22-14-8-7-11(21)9-15(14)24-18/h7-10H,1-6H3. The number of hydrogen-bond donors (Lipinski definition) is 0. The Bertz CT molecular complexity index is 960. The molecule has 2 aliphatic rings. The molecule has 1 aromatic carbocycles. The molecule has 1 aliphatic carbocycles. The summed E-state index contributed by atoms with van der Waals surface area (Å²) in [7, 11) is 0. The van der Waals surface area contributed by atoms with E-state index in [0.717, 1.165) is 20.7 Å². The summed E-state index contributed by atoms with van der Waals surface area (Å²) in [5, 5.41) is 0. The van der Waals surface area contributed by atoms with Crippen LogP contribution in [0, 0.1) is 5.82 Å². The van der Waals surface area contributed by atoms with Crippen LogP contribution in [0.2, 0.25) is 0 Å². The Morgan fingerprint density at radius 2 is 1.58 bits per heavy atom. The van der Waals surface area contributed by atoms with Gasteiger partial charge in [0.1, 0.15) is 11.5 Å². The average Bonchev–Trinajstić information content (AvgIpc) is 2.43. The predicted octanol–water partition coefficient (Wildman–Crippen LogP) is 5.50. The molecule has 24 heavy (non-hydrogen) atoms. The van der Waals surface area contributed by atoms with Gasteiger partial charge in [0, 0.05) is 5.56 Å². The van der Waals surface area contributed by atoms with Gasteiger partial charge in [-0.3, -0.25) is 4.79 Å². The third-order valence-corrected chi connectivity index (χ3v) is 5.35. The lowest BCUT2D eigenvalue weighted by atomic mass is 9.79. The third-order valence-electron chi connectivity index (χ3n) is 4.19. The molecule has 3 rings (SSSR count). The molecule has 2 nitrogen and oxygen atoms in total. The van der Waals surface area contributed by atoms with Crippen LogP contribution in [-0.4, -0.2) is 4.98 Å². The lowest BCUT2D eigenvalue weighted by Crippen LogP contribution is -2.27. The van der Waals surface area contributed by atoms with E-state index in [9.17, 15) is 9.18 Å². The van der Waals surface area contributed by atoms with Gasteiger partial charge < -0.3 is 0 Å². The van der Waals surface area contributed by atoms with Crippen LogP contribution in [0.3, 0.4) is 0 Å². The lowest BCUT2D eigenvalue weighted by Gasteiger charge is -2.27. The maximum Gasteiger partial charge on any atom is 0.209 e. The molecule has 1 aliphatic heterocycles. The molecule has 126 valence electrons. The van der Waals surface area contributed by atoms with Crippen LogP contribution in [0.5, 0.6) is 0 Å². The first kappa shape index (κ1) is 17.0. The third kappa shape index (κ3) is 2.84. The van der Waals surface area contributed by atoms with Crippen molar-refractivity contribution in [3.63, 3.8) is 0 Å². The second kappa shape index (κ2) is 5.35. The Labute approximate surface area is 145 Å². The number of benzene rings is 2. The van der Waals surface area contributed by atoms with Crippen LogP contribution in [-0.2, 0) is 10.8 Å². The van der Waals surface area contributed by atoms with Gasteiger partial charge >= 0.3 is 0 Å². The number of halogens is 1. The molecule has 0 amide bonds. The van der Waals surface area contributed by atoms with Crippen molar-refractivity contribution in [1.82, 2.24) is 4.98 Å². The minimum Gasteiger partial charge on any atom is -0.287 e. The van der Waals surface area contributed by atoms with Gasteiger partial charge in [-0.25, -0.2) is 9.37 Å². The first-order valence-corrected chi connectivity index (χ1v) is 8.88. The van der Waals surface area contributed by atoms with Gasteiger partial charge in [-0.15, -0.1) is 11.3 Å². The van der Waals surface area contributed by atoms with E-state index in [1.54, 1.807) is 6.07 Å². The van der Waals surface area contributed by atoms with Crippen LogP contribution in [0.15, 0.2) is 29.1 Å². The molecule has 0 saturated carbocycles. The van der Waals surface area contributed by atoms with E-state index in [1.807, 2.05) is 26.8 Å². The number of hydrogen-bond acceptors (Lipinski definition) is 3. The number of aromatic nitrogens is 1. The predicted molar refractivity (Wildman–Crippen MR) is 99.9 cm³/mol. The maximum atomic E-state index is 13.6. The minimum atomic E-state index is -0.286. The summed E-state index contributed by atoms with van der Waals surface area (Å²) in [6.45, 7) is 12.5. The highest BCUT2D eigenvalue weighted by atomic mass is 32.1. The zero-order valence-electron chi connectivity index (χ0n) is 15.0. The number of rotatable bonds is 0. The van der Waals surface area contributed by atoms with Crippen molar-refractivity contribution >= 4 is 21.6 Å². The summed E-state index contributed by atoms with van der Waals surface area (Å²) < 4.78 is 14.3. The van der Waals surface area contributed by atoms with Gasteiger partial charge in [0.25, 0.3) is 0 Å². The highest BCUT2D eigenvalue weighted by molar-refractivity contribution is 7.21. The fourth-order valence-electron chi connectivity index (χ4n) is 2.85. The van der Waals surface area contributed by atoms with Crippen LogP contribution in [0.4, 0.5) is 4.39 Å². The zero-order chi connectivity index (χ0) is 17.9. The Balaban J connectivity index is 2.52. The molecule has 1 heterocycles. The van der Waals surface area contributed by atoms with Crippen LogP contribution < -0.4 is 5.43 Å². The lowest BCUT2D eigenvalue weighted by molar-refractivity contribution is 0.566. The maximum absolute atomic E-state index is 13.6. The number of fused-ring (bicyclic) bond motifs is 2. The van der Waals surface area contributed by atoms with Gasteiger partial charge in [-0.1, -0.05) is 41.5 Å². The quantitative estimate of drug-likeness (QED) is 0.505. The van der Waals surface area contributed by atoms with Crippen molar-refractivity contribution in [1.29, 1.82) is 0 Å². The summed E-state index contributed by atoms with van der Waals surface area (Å²) in [5.74, 6) is -0.286. The molecule has 0 saturated heterocycles. The van der Waals surface area contributed by atoms with E-state index in [2.05, 4.69) is 25.8 Å². The molecule has 4 heteroatoms. The Morgan fingerprint density at radius 3 is 2.17 bits per heavy atom. The Morgan fingerprint density at radius 1 is 0.958 bits per heavy atom. The molecule has 0 N–H and O–H groups in total. The molecule has 0 bridgehead atoms. The second-order valence-electron chi connectivity index (χ2n) is 8.30. The summed E-state index contributed by atoms with van der Waals surface area (Å²) in [6, 6.07) is 6.53. The van der Waals surface area contributed by atoms with Crippen molar-refractivity contribution in [2.75, 3.05) is 0 Å². The molecular formula is C20H22FNOS. The van der Waals surface area contributed by atoms with Crippen molar-refractivity contribution in [3.05, 3.63) is 51.4 Å². The number of nitrogens with zero attached hydrogens (tertiary/aromatic N) is 1. The average molecular weight is 343 g/mol. The molecule has 1 aromatic rings. The van der Waals surface area contributed by atoms with Crippen molar-refractivity contribution in [3.8, 4) is 10.6 Å². The van der Waals surface area contributed by atoms with Gasteiger partial charge in [-0.05, 0) is 40.7 Å². The van der Waals surface area contributed by atoms with E-state index in [0.29, 0.717) is 11.2 Å². The van der Waals surface area contributed by atoms with Crippen LogP contribution in [0.25, 0.3) is 20.8 Å². The highest BCUT2D eigenvalue weighted by Gasteiger charge is 2.29. The van der Waals surface area contributed by atoms with Crippen molar-refractivity contribution in [2.45, 2.75) is 52.4 Å². The zero-order valence-corrected chi connectivity index (χ0v) is 15.8. The highest BCUT2D eigenvalue weighted by Crippen LogP contribution is 2.39. The van der Waals surface area contributed by atoms with Gasteiger partial charge in [-0.2, -0.15) is 0 Å².